The van der Waals surface area contributed by atoms with Crippen molar-refractivity contribution in [1.82, 2.24) is 14.7 Å². The minimum Gasteiger partial charge on any atom is -0.341 e. The molecule has 2 rings (SSSR count). The third-order valence-corrected chi connectivity index (χ3v) is 3.91. The smallest absolute Gasteiger partial charge is 0.341 e. The van der Waals surface area contributed by atoms with Gasteiger partial charge in [-0.3, -0.25) is 4.79 Å². The number of carbonyl (C=O) groups is 1. The van der Waals surface area contributed by atoms with E-state index in [-0.39, 0.29) is 31.2 Å². The number of benzene rings is 1. The van der Waals surface area contributed by atoms with Gasteiger partial charge in [0, 0.05) is 13.6 Å². The molecule has 0 saturated carbocycles. The summed E-state index contributed by atoms with van der Waals surface area (Å²) >= 11 is 0. The van der Waals surface area contributed by atoms with Crippen LogP contribution in [0.25, 0.3) is 5.69 Å². The maximum absolute atomic E-state index is 13.9. The molecule has 0 atom stereocenters. The number of carbonyl (C=O) groups excluding carboxylic acids is 1. The molecule has 27 heavy (non-hydrogen) atoms. The molecule has 10 heteroatoms. The topological polar surface area (TPSA) is 64.2 Å². The molecule has 2 N–H and O–H groups in total. The van der Waals surface area contributed by atoms with Gasteiger partial charge in [-0.2, -0.15) is 18.3 Å². The van der Waals surface area contributed by atoms with Crippen molar-refractivity contribution in [2.24, 2.45) is 11.1 Å². The van der Waals surface area contributed by atoms with Crippen LogP contribution in [-0.2, 0) is 6.18 Å². The highest BCUT2D eigenvalue weighted by Crippen LogP contribution is 2.34. The van der Waals surface area contributed by atoms with Crippen LogP contribution < -0.4 is 5.73 Å². The van der Waals surface area contributed by atoms with Gasteiger partial charge in [-0.1, -0.05) is 26.0 Å². The van der Waals surface area contributed by atoms with E-state index in [1.54, 1.807) is 13.8 Å². The highest BCUT2D eigenvalue weighted by Gasteiger charge is 2.41. The van der Waals surface area contributed by atoms with Crippen molar-refractivity contribution in [3.05, 3.63) is 47.5 Å². The van der Waals surface area contributed by atoms with E-state index in [2.05, 4.69) is 5.10 Å². The summed E-state index contributed by atoms with van der Waals surface area (Å²) in [5.41, 5.74) is 2.80. The number of amides is 1. The first kappa shape index (κ1) is 22.9. The first-order valence-electron chi connectivity index (χ1n) is 7.83. The third-order valence-electron chi connectivity index (χ3n) is 3.91. The molecule has 0 fully saturated rings. The van der Waals surface area contributed by atoms with Crippen molar-refractivity contribution < 1.29 is 22.4 Å². The lowest BCUT2D eigenvalue weighted by molar-refractivity contribution is -0.143. The molecule has 1 amide bonds. The molecule has 0 saturated heterocycles. The second kappa shape index (κ2) is 8.26. The standard InChI is InChI=1S/C17H20F4N4O.ClH/c1-16(2,9-22)10-24(3)15(26)11-8-23-25(14(11)17(19,20)21)13-7-5-4-6-12(13)18;/h4-8H,9-10,22H2,1-3H3;1H. The number of halogens is 5. The van der Waals surface area contributed by atoms with E-state index in [9.17, 15) is 22.4 Å². The third kappa shape index (κ3) is 4.98. The molecule has 0 unspecified atom stereocenters. The van der Waals surface area contributed by atoms with Crippen LogP contribution in [0.5, 0.6) is 0 Å². The number of alkyl halides is 3. The Labute approximate surface area is 160 Å². The molecule has 0 radical (unpaired) electrons. The van der Waals surface area contributed by atoms with E-state index in [0.29, 0.717) is 4.68 Å². The Morgan fingerprint density at radius 3 is 2.37 bits per heavy atom. The van der Waals surface area contributed by atoms with Gasteiger partial charge in [0.15, 0.2) is 5.69 Å². The fourth-order valence-electron chi connectivity index (χ4n) is 2.57. The van der Waals surface area contributed by atoms with Gasteiger partial charge < -0.3 is 10.6 Å². The molecular weight excluding hydrogens is 388 g/mol. The first-order valence-corrected chi connectivity index (χ1v) is 7.83. The maximum Gasteiger partial charge on any atom is 0.434 e. The average molecular weight is 409 g/mol. The molecule has 0 spiro atoms. The predicted molar refractivity (Wildman–Crippen MR) is 95.6 cm³/mol. The van der Waals surface area contributed by atoms with E-state index in [4.69, 9.17) is 5.73 Å². The summed E-state index contributed by atoms with van der Waals surface area (Å²) in [4.78, 5) is 13.7. The molecule has 1 heterocycles. The summed E-state index contributed by atoms with van der Waals surface area (Å²) in [5.74, 6) is -1.74. The van der Waals surface area contributed by atoms with Crippen LogP contribution in [-0.4, -0.2) is 40.7 Å². The zero-order chi connectivity index (χ0) is 19.7. The molecule has 0 aliphatic carbocycles. The molecule has 0 aliphatic rings. The number of para-hydroxylation sites is 1. The van der Waals surface area contributed by atoms with E-state index in [1.165, 1.54) is 19.2 Å². The van der Waals surface area contributed by atoms with Crippen LogP contribution >= 0.6 is 12.4 Å². The molecule has 1 aromatic carbocycles. The lowest BCUT2D eigenvalue weighted by Crippen LogP contribution is -2.40. The molecule has 0 aliphatic heterocycles. The van der Waals surface area contributed by atoms with Crippen molar-refractivity contribution >= 4 is 18.3 Å². The summed E-state index contributed by atoms with van der Waals surface area (Å²) in [7, 11) is 1.39. The van der Waals surface area contributed by atoms with Crippen LogP contribution in [0.2, 0.25) is 0 Å². The van der Waals surface area contributed by atoms with Gasteiger partial charge >= 0.3 is 6.18 Å². The fourth-order valence-corrected chi connectivity index (χ4v) is 2.57. The summed E-state index contributed by atoms with van der Waals surface area (Å²) in [6, 6.07) is 4.92. The zero-order valence-corrected chi connectivity index (χ0v) is 15.9. The van der Waals surface area contributed by atoms with Gasteiger partial charge in [0.2, 0.25) is 0 Å². The summed E-state index contributed by atoms with van der Waals surface area (Å²) < 4.78 is 55.2. The molecule has 5 nitrogen and oxygen atoms in total. The average Bonchev–Trinajstić information content (AvgIpc) is 2.99. The lowest BCUT2D eigenvalue weighted by atomic mass is 9.93. The summed E-state index contributed by atoms with van der Waals surface area (Å²) in [5, 5.41) is 3.62. The van der Waals surface area contributed by atoms with Gasteiger partial charge in [0.1, 0.15) is 11.5 Å². The normalized spacial score (nSPS) is 11.9. The first-order chi connectivity index (χ1) is 12.0. The van der Waals surface area contributed by atoms with E-state index < -0.39 is 34.6 Å². The Morgan fingerprint density at radius 2 is 1.85 bits per heavy atom. The minimum atomic E-state index is -4.89. The van der Waals surface area contributed by atoms with Gasteiger partial charge in [0.25, 0.3) is 5.91 Å². The Kier molecular flexibility index (Phi) is 7.01. The van der Waals surface area contributed by atoms with Crippen LogP contribution in [0.1, 0.15) is 29.9 Å². The van der Waals surface area contributed by atoms with Crippen molar-refractivity contribution in [3.8, 4) is 5.69 Å². The van der Waals surface area contributed by atoms with E-state index in [0.717, 1.165) is 23.2 Å². The van der Waals surface area contributed by atoms with Crippen molar-refractivity contribution in [3.63, 3.8) is 0 Å². The second-order valence-corrected chi connectivity index (χ2v) is 6.80. The maximum atomic E-state index is 13.9. The number of aromatic nitrogens is 2. The number of nitrogens with zero attached hydrogens (tertiary/aromatic N) is 3. The zero-order valence-electron chi connectivity index (χ0n) is 15.0. The molecule has 1 aromatic heterocycles. The van der Waals surface area contributed by atoms with Crippen molar-refractivity contribution in [1.29, 1.82) is 0 Å². The Morgan fingerprint density at radius 1 is 1.26 bits per heavy atom. The number of rotatable bonds is 5. The number of hydrogen-bond donors (Lipinski definition) is 1. The van der Waals surface area contributed by atoms with Crippen molar-refractivity contribution in [2.75, 3.05) is 20.1 Å². The lowest BCUT2D eigenvalue weighted by Gasteiger charge is -2.29. The second-order valence-electron chi connectivity index (χ2n) is 6.80. The van der Waals surface area contributed by atoms with E-state index >= 15 is 0 Å². The number of nitrogens with two attached hydrogens (primary N) is 1. The summed E-state index contributed by atoms with van der Waals surface area (Å²) in [6.07, 6.45) is -4.09. The van der Waals surface area contributed by atoms with Crippen LogP contribution in [0.3, 0.4) is 0 Å². The highest BCUT2D eigenvalue weighted by atomic mass is 35.5. The Bertz CT molecular complexity index is 804. The van der Waals surface area contributed by atoms with Crippen molar-refractivity contribution in [2.45, 2.75) is 20.0 Å². The Balaban J connectivity index is 0.00000364. The molecular formula is C17H21ClF4N4O. The predicted octanol–water partition coefficient (Wildman–Crippen LogP) is 3.51. The van der Waals surface area contributed by atoms with Crippen LogP contribution in [0.15, 0.2) is 30.5 Å². The minimum absolute atomic E-state index is 0. The number of hydrogen-bond acceptors (Lipinski definition) is 3. The van der Waals surface area contributed by atoms with Crippen LogP contribution in [0, 0.1) is 11.2 Å². The van der Waals surface area contributed by atoms with Gasteiger partial charge in [-0.15, -0.1) is 12.4 Å². The molecule has 2 aromatic rings. The van der Waals surface area contributed by atoms with Gasteiger partial charge in [-0.05, 0) is 24.1 Å². The van der Waals surface area contributed by atoms with Crippen LogP contribution in [0.4, 0.5) is 17.6 Å². The van der Waals surface area contributed by atoms with Gasteiger partial charge in [0.05, 0.1) is 11.8 Å². The SMILES string of the molecule is CN(CC(C)(C)CN)C(=O)c1cnn(-c2ccccc2F)c1C(F)(F)F.Cl. The van der Waals surface area contributed by atoms with E-state index in [1.807, 2.05) is 0 Å². The fraction of sp³-hybridized carbons (Fsp3) is 0.412. The quantitative estimate of drug-likeness (QED) is 0.770. The van der Waals surface area contributed by atoms with Gasteiger partial charge in [-0.25, -0.2) is 9.07 Å². The Hall–Kier alpha value is -2.13. The molecule has 0 bridgehead atoms. The largest absolute Gasteiger partial charge is 0.434 e. The summed E-state index contributed by atoms with van der Waals surface area (Å²) in [6.45, 7) is 4.00. The highest BCUT2D eigenvalue weighted by molar-refractivity contribution is 5.95. The molecule has 150 valence electrons. The monoisotopic (exact) mass is 408 g/mol.